The zero-order valence-electron chi connectivity index (χ0n) is 15.3. The SMILES string of the molecule is CCC(CC)n1c(=O)c2ccc3sc4ccccc4c4ccc(c1=O)c2c34. The van der Waals surface area contributed by atoms with Crippen molar-refractivity contribution in [1.82, 2.24) is 4.57 Å². The van der Waals surface area contributed by atoms with Crippen LogP contribution in [0.15, 0.2) is 58.1 Å². The molecule has 0 radical (unpaired) electrons. The highest BCUT2D eigenvalue weighted by atomic mass is 32.1. The first-order valence-corrected chi connectivity index (χ1v) is 10.2. The van der Waals surface area contributed by atoms with Gasteiger partial charge in [0, 0.05) is 37.0 Å². The van der Waals surface area contributed by atoms with Crippen LogP contribution in [0.2, 0.25) is 0 Å². The van der Waals surface area contributed by atoms with Crippen molar-refractivity contribution < 1.29 is 0 Å². The molecule has 0 spiro atoms. The van der Waals surface area contributed by atoms with Crippen LogP contribution in [0.4, 0.5) is 0 Å². The standard InChI is InChI=1S/C23H19NO2S/c1-3-13(4-2)24-22(25)16-10-9-15-14-7-5-6-8-18(14)27-19-12-11-17(23(24)26)20(16)21(15)19/h5-13H,3-4H2,1-2H3. The molecule has 0 N–H and O–H groups in total. The van der Waals surface area contributed by atoms with Crippen LogP contribution in [-0.4, -0.2) is 4.57 Å². The van der Waals surface area contributed by atoms with Gasteiger partial charge >= 0.3 is 0 Å². The second-order valence-electron chi connectivity index (χ2n) is 7.07. The van der Waals surface area contributed by atoms with Crippen LogP contribution in [0, 0.1) is 0 Å². The molecule has 2 aromatic heterocycles. The Morgan fingerprint density at radius 1 is 0.741 bits per heavy atom. The molecule has 0 aliphatic carbocycles. The molecule has 27 heavy (non-hydrogen) atoms. The number of fused-ring (bicyclic) bond motifs is 2. The van der Waals surface area contributed by atoms with Gasteiger partial charge in [-0.15, -0.1) is 11.3 Å². The van der Waals surface area contributed by atoms with Gasteiger partial charge in [-0.3, -0.25) is 14.2 Å². The fourth-order valence-corrected chi connectivity index (χ4v) is 5.49. The third-order valence-electron chi connectivity index (χ3n) is 5.73. The van der Waals surface area contributed by atoms with Gasteiger partial charge in [-0.25, -0.2) is 0 Å². The highest BCUT2D eigenvalue weighted by Gasteiger charge is 2.20. The van der Waals surface area contributed by atoms with E-state index in [2.05, 4.69) is 12.1 Å². The predicted octanol–water partition coefficient (Wildman–Crippen LogP) is 5.68. The molecule has 2 heterocycles. The fraction of sp³-hybridized carbons (Fsp3) is 0.217. The Hall–Kier alpha value is -2.72. The van der Waals surface area contributed by atoms with E-state index in [1.807, 2.05) is 50.2 Å². The number of hydrogen-bond acceptors (Lipinski definition) is 3. The lowest BCUT2D eigenvalue weighted by Gasteiger charge is -2.18. The van der Waals surface area contributed by atoms with E-state index in [-0.39, 0.29) is 17.2 Å². The van der Waals surface area contributed by atoms with Gasteiger partial charge in [0.2, 0.25) is 0 Å². The number of hydrogen-bond donors (Lipinski definition) is 0. The number of nitrogens with zero attached hydrogens (tertiary/aromatic N) is 1. The summed E-state index contributed by atoms with van der Waals surface area (Å²) < 4.78 is 3.80. The lowest BCUT2D eigenvalue weighted by molar-refractivity contribution is 0.451. The first-order valence-electron chi connectivity index (χ1n) is 9.40. The van der Waals surface area contributed by atoms with Gasteiger partial charge < -0.3 is 0 Å². The molecule has 0 atom stereocenters. The maximum absolute atomic E-state index is 13.2. The van der Waals surface area contributed by atoms with Gasteiger partial charge in [0.25, 0.3) is 11.1 Å². The molecule has 0 saturated carbocycles. The van der Waals surface area contributed by atoms with Crippen LogP contribution in [0.25, 0.3) is 41.7 Å². The molecular formula is C23H19NO2S. The summed E-state index contributed by atoms with van der Waals surface area (Å²) in [5.74, 6) is 0. The quantitative estimate of drug-likeness (QED) is 0.301. The summed E-state index contributed by atoms with van der Waals surface area (Å²) in [6, 6.07) is 16.1. The van der Waals surface area contributed by atoms with E-state index >= 15 is 0 Å². The van der Waals surface area contributed by atoms with Crippen molar-refractivity contribution in [3.05, 3.63) is 69.2 Å². The minimum absolute atomic E-state index is 0.0597. The molecule has 134 valence electrons. The van der Waals surface area contributed by atoms with Crippen LogP contribution in [-0.2, 0) is 0 Å². The third kappa shape index (κ3) is 2.13. The molecule has 5 aromatic rings. The van der Waals surface area contributed by atoms with Gasteiger partial charge in [0.1, 0.15) is 0 Å². The topological polar surface area (TPSA) is 39.1 Å². The molecule has 0 unspecified atom stereocenters. The minimum atomic E-state index is -0.159. The Kier molecular flexibility index (Phi) is 3.59. The summed E-state index contributed by atoms with van der Waals surface area (Å²) in [5.41, 5.74) is -0.317. The zero-order chi connectivity index (χ0) is 18.7. The molecule has 0 amide bonds. The van der Waals surface area contributed by atoms with Crippen LogP contribution < -0.4 is 11.1 Å². The number of pyridine rings is 1. The Morgan fingerprint density at radius 2 is 1.37 bits per heavy atom. The highest BCUT2D eigenvalue weighted by molar-refractivity contribution is 7.25. The van der Waals surface area contributed by atoms with Crippen molar-refractivity contribution in [2.45, 2.75) is 32.7 Å². The summed E-state index contributed by atoms with van der Waals surface area (Å²) >= 11 is 1.71. The first-order chi connectivity index (χ1) is 13.2. The highest BCUT2D eigenvalue weighted by Crippen LogP contribution is 2.39. The molecule has 5 rings (SSSR count). The molecule has 0 aliphatic rings. The largest absolute Gasteiger partial charge is 0.271 e. The number of benzene rings is 3. The smallest absolute Gasteiger partial charge is 0.261 e. The van der Waals surface area contributed by atoms with E-state index in [4.69, 9.17) is 0 Å². The Bertz CT molecular complexity index is 1410. The maximum atomic E-state index is 13.2. The summed E-state index contributed by atoms with van der Waals surface area (Å²) in [5, 5.41) is 5.44. The van der Waals surface area contributed by atoms with Crippen LogP contribution in [0.3, 0.4) is 0 Å². The lowest BCUT2D eigenvalue weighted by atomic mass is 9.97. The summed E-state index contributed by atoms with van der Waals surface area (Å²) in [6.45, 7) is 4.05. The van der Waals surface area contributed by atoms with Crippen LogP contribution in [0.1, 0.15) is 32.7 Å². The van der Waals surface area contributed by atoms with E-state index in [1.165, 1.54) is 14.7 Å². The van der Waals surface area contributed by atoms with E-state index in [9.17, 15) is 9.59 Å². The average Bonchev–Trinajstić information content (AvgIpc) is 2.70. The van der Waals surface area contributed by atoms with Gasteiger partial charge in [0.15, 0.2) is 0 Å². The molecular weight excluding hydrogens is 354 g/mol. The van der Waals surface area contributed by atoms with Crippen molar-refractivity contribution >= 4 is 53.1 Å². The Labute approximate surface area is 159 Å². The molecule has 3 aromatic carbocycles. The second kappa shape index (κ2) is 5.89. The van der Waals surface area contributed by atoms with Gasteiger partial charge in [-0.2, -0.15) is 0 Å². The van der Waals surface area contributed by atoms with Gasteiger partial charge in [-0.1, -0.05) is 38.1 Å². The number of aromatic nitrogens is 1. The summed E-state index contributed by atoms with van der Waals surface area (Å²) in [4.78, 5) is 26.5. The van der Waals surface area contributed by atoms with Crippen LogP contribution >= 0.6 is 11.3 Å². The van der Waals surface area contributed by atoms with E-state index in [0.717, 1.165) is 33.7 Å². The van der Waals surface area contributed by atoms with Crippen molar-refractivity contribution in [1.29, 1.82) is 0 Å². The molecule has 0 fully saturated rings. The third-order valence-corrected chi connectivity index (χ3v) is 6.86. The summed E-state index contributed by atoms with van der Waals surface area (Å²) in [6.07, 6.45) is 1.54. The van der Waals surface area contributed by atoms with Gasteiger partial charge in [0.05, 0.1) is 0 Å². The van der Waals surface area contributed by atoms with Crippen molar-refractivity contribution in [2.75, 3.05) is 0 Å². The normalized spacial score (nSPS) is 12.3. The second-order valence-corrected chi connectivity index (χ2v) is 8.15. The molecule has 0 aliphatic heterocycles. The monoisotopic (exact) mass is 373 g/mol. The van der Waals surface area contributed by atoms with Crippen molar-refractivity contribution in [3.8, 4) is 0 Å². The Morgan fingerprint density at radius 3 is 2.07 bits per heavy atom. The molecule has 0 saturated heterocycles. The minimum Gasteiger partial charge on any atom is -0.271 e. The molecule has 3 nitrogen and oxygen atoms in total. The first kappa shape index (κ1) is 16.5. The van der Waals surface area contributed by atoms with Gasteiger partial charge in [-0.05, 0) is 47.9 Å². The molecule has 4 heteroatoms. The van der Waals surface area contributed by atoms with Crippen molar-refractivity contribution in [3.63, 3.8) is 0 Å². The van der Waals surface area contributed by atoms with E-state index in [1.54, 1.807) is 11.3 Å². The lowest BCUT2D eigenvalue weighted by Crippen LogP contribution is -2.36. The van der Waals surface area contributed by atoms with Crippen molar-refractivity contribution in [2.24, 2.45) is 0 Å². The number of rotatable bonds is 3. The maximum Gasteiger partial charge on any atom is 0.261 e. The predicted molar refractivity (Wildman–Crippen MR) is 116 cm³/mol. The molecule has 0 bridgehead atoms. The fourth-order valence-electron chi connectivity index (χ4n) is 4.36. The summed E-state index contributed by atoms with van der Waals surface area (Å²) in [7, 11) is 0. The van der Waals surface area contributed by atoms with Crippen LogP contribution in [0.5, 0.6) is 0 Å². The van der Waals surface area contributed by atoms with E-state index in [0.29, 0.717) is 10.8 Å². The van der Waals surface area contributed by atoms with E-state index < -0.39 is 0 Å². The zero-order valence-corrected chi connectivity index (χ0v) is 16.1. The average molecular weight is 373 g/mol. The Balaban J connectivity index is 2.07.